The molecule has 1 aromatic carbocycles. The van der Waals surface area contributed by atoms with E-state index in [0.29, 0.717) is 0 Å². The summed E-state index contributed by atoms with van der Waals surface area (Å²) in [6.07, 6.45) is 0. The number of benzene rings is 1. The molecule has 0 amide bonds. The molecule has 3 nitrogen and oxygen atoms in total. The van der Waals surface area contributed by atoms with Gasteiger partial charge in [0.25, 0.3) is 0 Å². The maximum absolute atomic E-state index is 9.43. The van der Waals surface area contributed by atoms with Gasteiger partial charge in [-0.2, -0.15) is 4.98 Å². The largest absolute Gasteiger partial charge is 0.492 e. The minimum absolute atomic E-state index is 0.108. The van der Waals surface area contributed by atoms with Gasteiger partial charge in [-0.1, -0.05) is 45.5 Å². The van der Waals surface area contributed by atoms with Gasteiger partial charge >= 0.3 is 0 Å². The van der Waals surface area contributed by atoms with Crippen LogP contribution in [-0.4, -0.2) is 10.1 Å². The Hall–Kier alpha value is -1.07. The number of thiazole rings is 1. The second-order valence-corrected chi connectivity index (χ2v) is 5.84. The van der Waals surface area contributed by atoms with Gasteiger partial charge in [0.05, 0.1) is 10.9 Å². The predicted molar refractivity (Wildman–Crippen MR) is 74.7 cm³/mol. The zero-order chi connectivity index (χ0) is 12.4. The van der Waals surface area contributed by atoms with Crippen molar-refractivity contribution in [1.82, 2.24) is 4.98 Å². The third kappa shape index (κ3) is 2.79. The van der Waals surface area contributed by atoms with Gasteiger partial charge in [0.15, 0.2) is 5.13 Å². The molecule has 2 aromatic rings. The van der Waals surface area contributed by atoms with E-state index in [0.717, 1.165) is 14.5 Å². The Morgan fingerprint density at radius 1 is 1.41 bits per heavy atom. The summed E-state index contributed by atoms with van der Waals surface area (Å²) in [6.45, 7) is 3.91. The molecular formula is C12H13BrN2OS. The highest BCUT2D eigenvalue weighted by molar-refractivity contribution is 9.10. The number of aryl methyl sites for hydroxylation is 1. The van der Waals surface area contributed by atoms with E-state index in [1.165, 1.54) is 16.9 Å². The van der Waals surface area contributed by atoms with Crippen LogP contribution in [0.15, 0.2) is 28.7 Å². The molecule has 17 heavy (non-hydrogen) atoms. The molecule has 0 radical (unpaired) electrons. The summed E-state index contributed by atoms with van der Waals surface area (Å²) in [6, 6.07) is 8.19. The van der Waals surface area contributed by atoms with Gasteiger partial charge in [0.2, 0.25) is 5.88 Å². The average Bonchev–Trinajstić information content (AvgIpc) is 2.58. The van der Waals surface area contributed by atoms with Crippen LogP contribution in [0.3, 0.4) is 0 Å². The molecule has 1 atom stereocenters. The molecule has 0 spiro atoms. The maximum Gasteiger partial charge on any atom is 0.226 e. The first-order chi connectivity index (χ1) is 8.08. The Balaban J connectivity index is 2.17. The van der Waals surface area contributed by atoms with Gasteiger partial charge in [-0.15, -0.1) is 0 Å². The fourth-order valence-electron chi connectivity index (χ4n) is 1.54. The summed E-state index contributed by atoms with van der Waals surface area (Å²) in [5.74, 6) is 0.108. The summed E-state index contributed by atoms with van der Waals surface area (Å²) in [5.41, 5.74) is 1.17. The number of aromatic hydroxyl groups is 1. The molecule has 0 aliphatic carbocycles. The number of halogens is 1. The second kappa shape index (κ2) is 5.06. The van der Waals surface area contributed by atoms with E-state index < -0.39 is 0 Å². The minimum Gasteiger partial charge on any atom is -0.492 e. The second-order valence-electron chi connectivity index (χ2n) is 3.79. The molecule has 2 N–H and O–H groups in total. The normalized spacial score (nSPS) is 12.4. The highest BCUT2D eigenvalue weighted by Crippen LogP contribution is 2.31. The lowest BCUT2D eigenvalue weighted by molar-refractivity contribution is 0.454. The SMILES string of the molecule is Cc1sc(N[C@@H](C)c2ccccc2Br)nc1O. The Morgan fingerprint density at radius 3 is 2.71 bits per heavy atom. The van der Waals surface area contributed by atoms with Crippen LogP contribution in [0.2, 0.25) is 0 Å². The van der Waals surface area contributed by atoms with Crippen molar-refractivity contribution in [2.45, 2.75) is 19.9 Å². The van der Waals surface area contributed by atoms with Gasteiger partial charge in [0.1, 0.15) is 0 Å². The Kier molecular flexibility index (Phi) is 3.69. The van der Waals surface area contributed by atoms with Crippen molar-refractivity contribution in [3.63, 3.8) is 0 Å². The van der Waals surface area contributed by atoms with E-state index >= 15 is 0 Å². The number of hydrogen-bond acceptors (Lipinski definition) is 4. The van der Waals surface area contributed by atoms with E-state index in [1.807, 2.05) is 25.1 Å². The lowest BCUT2D eigenvalue weighted by Crippen LogP contribution is -2.06. The molecule has 2 rings (SSSR count). The zero-order valence-electron chi connectivity index (χ0n) is 9.57. The molecule has 5 heteroatoms. The number of hydrogen-bond donors (Lipinski definition) is 2. The van der Waals surface area contributed by atoms with Gasteiger partial charge in [-0.25, -0.2) is 0 Å². The summed E-state index contributed by atoms with van der Waals surface area (Å²) in [4.78, 5) is 4.88. The number of nitrogens with one attached hydrogen (secondary N) is 1. The Morgan fingerprint density at radius 2 is 2.12 bits per heavy atom. The van der Waals surface area contributed by atoms with Crippen LogP contribution in [0.4, 0.5) is 5.13 Å². The van der Waals surface area contributed by atoms with Crippen LogP contribution in [-0.2, 0) is 0 Å². The Bertz CT molecular complexity index is 507. The molecule has 1 heterocycles. The fraction of sp³-hybridized carbons (Fsp3) is 0.250. The lowest BCUT2D eigenvalue weighted by Gasteiger charge is -2.14. The summed E-state index contributed by atoms with van der Waals surface area (Å²) >= 11 is 4.98. The van der Waals surface area contributed by atoms with Gasteiger partial charge < -0.3 is 10.4 Å². The smallest absolute Gasteiger partial charge is 0.226 e. The molecule has 0 aliphatic rings. The fourth-order valence-corrected chi connectivity index (χ4v) is 2.96. The van der Waals surface area contributed by atoms with Crippen molar-refractivity contribution >= 4 is 32.4 Å². The van der Waals surface area contributed by atoms with Crippen molar-refractivity contribution in [2.75, 3.05) is 5.32 Å². The summed E-state index contributed by atoms with van der Waals surface area (Å²) in [7, 11) is 0. The molecule has 0 bridgehead atoms. The Labute approximate surface area is 113 Å². The van der Waals surface area contributed by atoms with E-state index in [-0.39, 0.29) is 11.9 Å². The molecule has 1 aromatic heterocycles. The highest BCUT2D eigenvalue weighted by atomic mass is 79.9. The first-order valence-corrected chi connectivity index (χ1v) is 6.86. The van der Waals surface area contributed by atoms with E-state index in [1.54, 1.807) is 0 Å². The molecule has 0 fully saturated rings. The third-order valence-electron chi connectivity index (χ3n) is 2.48. The molecule has 0 saturated heterocycles. The van der Waals surface area contributed by atoms with Crippen LogP contribution in [0.25, 0.3) is 0 Å². The third-order valence-corrected chi connectivity index (χ3v) is 4.10. The van der Waals surface area contributed by atoms with Crippen LogP contribution >= 0.6 is 27.3 Å². The molecule has 0 saturated carbocycles. The summed E-state index contributed by atoms with van der Waals surface area (Å²) in [5, 5.41) is 13.4. The molecular weight excluding hydrogens is 300 g/mol. The van der Waals surface area contributed by atoms with Crippen molar-refractivity contribution < 1.29 is 5.11 Å². The summed E-state index contributed by atoms with van der Waals surface area (Å²) < 4.78 is 1.07. The predicted octanol–water partition coefficient (Wildman–Crippen LogP) is 4.09. The molecule has 90 valence electrons. The number of rotatable bonds is 3. The van der Waals surface area contributed by atoms with E-state index in [4.69, 9.17) is 0 Å². The highest BCUT2D eigenvalue weighted by Gasteiger charge is 2.12. The monoisotopic (exact) mass is 312 g/mol. The first-order valence-electron chi connectivity index (χ1n) is 5.25. The molecule has 0 unspecified atom stereocenters. The van der Waals surface area contributed by atoms with E-state index in [2.05, 4.69) is 39.2 Å². The number of nitrogens with zero attached hydrogens (tertiary/aromatic N) is 1. The van der Waals surface area contributed by atoms with Crippen LogP contribution < -0.4 is 5.32 Å². The average molecular weight is 313 g/mol. The van der Waals surface area contributed by atoms with E-state index in [9.17, 15) is 5.11 Å². The van der Waals surface area contributed by atoms with Gasteiger partial charge in [0, 0.05) is 4.47 Å². The van der Waals surface area contributed by atoms with Crippen molar-refractivity contribution in [3.05, 3.63) is 39.2 Å². The number of anilines is 1. The van der Waals surface area contributed by atoms with Gasteiger partial charge in [-0.3, -0.25) is 0 Å². The quantitative estimate of drug-likeness (QED) is 0.897. The molecule has 0 aliphatic heterocycles. The van der Waals surface area contributed by atoms with Crippen LogP contribution in [0, 0.1) is 6.92 Å². The van der Waals surface area contributed by atoms with Crippen molar-refractivity contribution in [3.8, 4) is 5.88 Å². The topological polar surface area (TPSA) is 45.2 Å². The standard InChI is InChI=1S/C12H13BrN2OS/c1-7(9-5-3-4-6-10(9)13)14-12-15-11(16)8(2)17-12/h3-7,16H,1-2H3,(H,14,15)/t7-/m0/s1. The first kappa shape index (κ1) is 12.4. The van der Waals surface area contributed by atoms with Crippen LogP contribution in [0.1, 0.15) is 23.4 Å². The van der Waals surface area contributed by atoms with Crippen molar-refractivity contribution in [2.24, 2.45) is 0 Å². The van der Waals surface area contributed by atoms with Crippen molar-refractivity contribution in [1.29, 1.82) is 0 Å². The zero-order valence-corrected chi connectivity index (χ0v) is 12.0. The van der Waals surface area contributed by atoms with Gasteiger partial charge in [-0.05, 0) is 25.5 Å². The lowest BCUT2D eigenvalue weighted by atomic mass is 10.1. The minimum atomic E-state index is 0.108. The number of aromatic nitrogens is 1. The maximum atomic E-state index is 9.43. The van der Waals surface area contributed by atoms with Crippen LogP contribution in [0.5, 0.6) is 5.88 Å².